The Hall–Kier alpha value is -2.05. The first-order valence-electron chi connectivity index (χ1n) is 6.28. The smallest absolute Gasteiger partial charge is 0.384 e. The van der Waals surface area contributed by atoms with Gasteiger partial charge in [-0.1, -0.05) is 29.8 Å². The van der Waals surface area contributed by atoms with Gasteiger partial charge in [-0.05, 0) is 24.3 Å². The van der Waals surface area contributed by atoms with E-state index in [9.17, 15) is 18.3 Å². The fraction of sp³-hybridized carbons (Fsp3) is 0.133. The minimum atomic E-state index is -4.63. The van der Waals surface area contributed by atoms with Gasteiger partial charge in [0.2, 0.25) is 0 Å². The first-order chi connectivity index (χ1) is 10.2. The molecule has 0 saturated heterocycles. The molecule has 3 rings (SSSR count). The van der Waals surface area contributed by atoms with E-state index in [2.05, 4.69) is 4.99 Å². The number of amidine groups is 1. The summed E-state index contributed by atoms with van der Waals surface area (Å²) < 4.78 is 39.7. The number of nitrogens with two attached hydrogens (primary N) is 1. The Kier molecular flexibility index (Phi) is 3.19. The fourth-order valence-electron chi connectivity index (χ4n) is 2.57. The number of fused-ring (bicyclic) bond motifs is 1. The van der Waals surface area contributed by atoms with Gasteiger partial charge in [-0.2, -0.15) is 13.2 Å². The first-order valence-corrected chi connectivity index (χ1v) is 6.66. The lowest BCUT2D eigenvalue weighted by atomic mass is 9.83. The van der Waals surface area contributed by atoms with Crippen molar-refractivity contribution in [3.05, 3.63) is 64.2 Å². The number of hydrogen-bond donors (Lipinski definition) is 2. The van der Waals surface area contributed by atoms with E-state index in [1.165, 1.54) is 36.4 Å². The van der Waals surface area contributed by atoms with E-state index in [0.717, 1.165) is 6.07 Å². The highest BCUT2D eigenvalue weighted by atomic mass is 35.5. The fourth-order valence-corrected chi connectivity index (χ4v) is 2.75. The Morgan fingerprint density at radius 2 is 1.77 bits per heavy atom. The summed E-state index contributed by atoms with van der Waals surface area (Å²) in [7, 11) is 0. The van der Waals surface area contributed by atoms with Crippen LogP contribution in [0.4, 0.5) is 18.9 Å². The van der Waals surface area contributed by atoms with E-state index in [4.69, 9.17) is 17.3 Å². The van der Waals surface area contributed by atoms with Crippen molar-refractivity contribution in [1.82, 2.24) is 0 Å². The van der Waals surface area contributed by atoms with E-state index >= 15 is 0 Å². The van der Waals surface area contributed by atoms with Crippen molar-refractivity contribution in [2.75, 3.05) is 0 Å². The summed E-state index contributed by atoms with van der Waals surface area (Å²) in [6.07, 6.45) is -4.63. The molecule has 0 bridgehead atoms. The van der Waals surface area contributed by atoms with Gasteiger partial charge in [0.05, 0.1) is 11.3 Å². The number of alkyl halides is 3. The molecule has 1 unspecified atom stereocenters. The Bertz CT molecular complexity index is 789. The maximum atomic E-state index is 13.2. The van der Waals surface area contributed by atoms with Gasteiger partial charge >= 0.3 is 6.18 Å². The standard InChI is InChI=1S/C15H10ClF3N2O/c16-8-5-6-12-11(7-8)14(22,13(20)21-12)9-3-1-2-4-10(9)15(17,18)19/h1-7,22H,(H2,20,21). The molecule has 3 nitrogen and oxygen atoms in total. The summed E-state index contributed by atoms with van der Waals surface area (Å²) in [5, 5.41) is 11.2. The van der Waals surface area contributed by atoms with Crippen molar-refractivity contribution in [2.45, 2.75) is 11.8 Å². The van der Waals surface area contributed by atoms with Gasteiger partial charge in [-0.15, -0.1) is 0 Å². The van der Waals surface area contributed by atoms with Gasteiger partial charge < -0.3 is 10.8 Å². The molecule has 3 N–H and O–H groups in total. The van der Waals surface area contributed by atoms with Crippen LogP contribution in [0.5, 0.6) is 0 Å². The van der Waals surface area contributed by atoms with Crippen LogP contribution in [0.15, 0.2) is 47.5 Å². The van der Waals surface area contributed by atoms with E-state index in [0.29, 0.717) is 5.69 Å². The van der Waals surface area contributed by atoms with E-state index in [1.54, 1.807) is 0 Å². The topological polar surface area (TPSA) is 58.6 Å². The van der Waals surface area contributed by atoms with Gasteiger partial charge in [-0.25, -0.2) is 4.99 Å². The molecule has 114 valence electrons. The summed E-state index contributed by atoms with van der Waals surface area (Å²) in [4.78, 5) is 3.96. The molecule has 7 heteroatoms. The predicted molar refractivity (Wildman–Crippen MR) is 77.2 cm³/mol. The normalized spacial score (nSPS) is 20.7. The lowest BCUT2D eigenvalue weighted by molar-refractivity contribution is -0.139. The van der Waals surface area contributed by atoms with Crippen LogP contribution in [0.2, 0.25) is 5.02 Å². The number of rotatable bonds is 1. The van der Waals surface area contributed by atoms with Crippen LogP contribution in [0, 0.1) is 0 Å². The number of hydrogen-bond acceptors (Lipinski definition) is 3. The number of nitrogens with zero attached hydrogens (tertiary/aromatic N) is 1. The zero-order valence-electron chi connectivity index (χ0n) is 11.0. The molecule has 0 radical (unpaired) electrons. The summed E-state index contributed by atoms with van der Waals surface area (Å²) in [5.41, 5.74) is 2.67. The van der Waals surface area contributed by atoms with Crippen LogP contribution in [-0.4, -0.2) is 10.9 Å². The second-order valence-corrected chi connectivity index (χ2v) is 5.35. The third-order valence-corrected chi connectivity index (χ3v) is 3.82. The van der Waals surface area contributed by atoms with Gasteiger partial charge in [0.25, 0.3) is 0 Å². The first kappa shape index (κ1) is 14.9. The van der Waals surface area contributed by atoms with Crippen molar-refractivity contribution in [1.29, 1.82) is 0 Å². The molecule has 0 amide bonds. The third kappa shape index (κ3) is 2.07. The second kappa shape index (κ2) is 4.72. The highest BCUT2D eigenvalue weighted by Gasteiger charge is 2.47. The zero-order valence-corrected chi connectivity index (χ0v) is 11.8. The predicted octanol–water partition coefficient (Wildman–Crippen LogP) is 3.60. The maximum Gasteiger partial charge on any atom is 0.416 e. The molecule has 2 aromatic carbocycles. The van der Waals surface area contributed by atoms with Crippen LogP contribution in [-0.2, 0) is 11.8 Å². The molecule has 22 heavy (non-hydrogen) atoms. The van der Waals surface area contributed by atoms with Crippen molar-refractivity contribution in [2.24, 2.45) is 10.7 Å². The summed E-state index contributed by atoms with van der Waals surface area (Å²) in [6.45, 7) is 0. The van der Waals surface area contributed by atoms with Gasteiger partial charge in [0, 0.05) is 16.1 Å². The lowest BCUT2D eigenvalue weighted by Gasteiger charge is -2.27. The number of aliphatic imine (C=N–C) groups is 1. The molecule has 0 spiro atoms. The molecule has 0 aromatic heterocycles. The van der Waals surface area contributed by atoms with Crippen molar-refractivity contribution in [3.63, 3.8) is 0 Å². The largest absolute Gasteiger partial charge is 0.416 e. The minimum Gasteiger partial charge on any atom is -0.384 e. The van der Waals surface area contributed by atoms with Gasteiger partial charge in [0.15, 0.2) is 5.60 Å². The van der Waals surface area contributed by atoms with Gasteiger partial charge in [-0.3, -0.25) is 0 Å². The molecule has 1 aliphatic heterocycles. The second-order valence-electron chi connectivity index (χ2n) is 4.91. The van der Waals surface area contributed by atoms with Crippen LogP contribution in [0.1, 0.15) is 16.7 Å². The zero-order chi connectivity index (χ0) is 16.1. The number of aliphatic hydroxyl groups is 1. The third-order valence-electron chi connectivity index (χ3n) is 3.58. The van der Waals surface area contributed by atoms with Crippen LogP contribution in [0.3, 0.4) is 0 Å². The molecule has 0 saturated carbocycles. The number of halogens is 4. The lowest BCUT2D eigenvalue weighted by Crippen LogP contribution is -2.41. The molecule has 2 aromatic rings. The summed E-state index contributed by atoms with van der Waals surface area (Å²) in [5.74, 6) is -0.318. The molecule has 1 atom stereocenters. The van der Waals surface area contributed by atoms with E-state index in [-0.39, 0.29) is 22.0 Å². The van der Waals surface area contributed by atoms with Crippen LogP contribution < -0.4 is 5.73 Å². The average Bonchev–Trinajstić information content (AvgIpc) is 2.71. The molecular weight excluding hydrogens is 317 g/mol. The van der Waals surface area contributed by atoms with E-state index in [1.807, 2.05) is 0 Å². The molecule has 0 fully saturated rings. The van der Waals surface area contributed by atoms with Gasteiger partial charge in [0.1, 0.15) is 5.84 Å². The highest BCUT2D eigenvalue weighted by Crippen LogP contribution is 2.46. The molecule has 1 aliphatic rings. The van der Waals surface area contributed by atoms with Crippen molar-refractivity contribution >= 4 is 23.1 Å². The monoisotopic (exact) mass is 326 g/mol. The van der Waals surface area contributed by atoms with E-state index < -0.39 is 17.3 Å². The quantitative estimate of drug-likeness (QED) is 0.841. The maximum absolute atomic E-state index is 13.2. The Morgan fingerprint density at radius 3 is 2.45 bits per heavy atom. The van der Waals surface area contributed by atoms with Crippen LogP contribution >= 0.6 is 11.6 Å². The van der Waals surface area contributed by atoms with Crippen molar-refractivity contribution in [3.8, 4) is 0 Å². The minimum absolute atomic E-state index is 0.134. The SMILES string of the molecule is NC1=Nc2ccc(Cl)cc2C1(O)c1ccccc1C(F)(F)F. The molecule has 0 aliphatic carbocycles. The molecule has 1 heterocycles. The Labute approximate surface area is 128 Å². The summed E-state index contributed by atoms with van der Waals surface area (Å²) >= 11 is 5.89. The Morgan fingerprint density at radius 1 is 1.09 bits per heavy atom. The van der Waals surface area contributed by atoms with Crippen LogP contribution in [0.25, 0.3) is 0 Å². The summed E-state index contributed by atoms with van der Waals surface area (Å²) in [6, 6.07) is 9.12. The van der Waals surface area contributed by atoms with Crippen molar-refractivity contribution < 1.29 is 18.3 Å². The molecular formula is C15H10ClF3N2O. The number of benzene rings is 2. The highest BCUT2D eigenvalue weighted by molar-refractivity contribution is 6.30. The Balaban J connectivity index is 2.30. The average molecular weight is 327 g/mol.